The maximum absolute atomic E-state index is 11.7. The molecule has 62 valence electrons. The first-order chi connectivity index (χ1) is 4.70. The van der Waals surface area contributed by atoms with Gasteiger partial charge in [-0.1, -0.05) is 13.8 Å². The van der Waals surface area contributed by atoms with Crippen molar-refractivity contribution >= 4 is 0 Å². The van der Waals surface area contributed by atoms with Crippen LogP contribution < -0.4 is 0 Å². The third-order valence-corrected chi connectivity index (χ3v) is 1.01. The second-order valence-corrected chi connectivity index (χ2v) is 2.66. The van der Waals surface area contributed by atoms with E-state index >= 15 is 0 Å². The molecule has 0 saturated heterocycles. The van der Waals surface area contributed by atoms with Crippen LogP contribution in [-0.4, -0.2) is 26.1 Å². The summed E-state index contributed by atoms with van der Waals surface area (Å²) in [6.07, 6.45) is -0.845. The summed E-state index contributed by atoms with van der Waals surface area (Å²) in [5.41, 5.74) is 0. The molecule has 0 amide bonds. The Morgan fingerprint density at radius 2 is 1.70 bits per heavy atom. The van der Waals surface area contributed by atoms with E-state index in [1.54, 1.807) is 0 Å². The fraction of sp³-hybridized carbons (Fsp3) is 1.00. The highest BCUT2D eigenvalue weighted by Gasteiger charge is 2.07. The molecule has 0 aromatic rings. The maximum atomic E-state index is 11.7. The molecular weight excluding hydrogens is 138 g/mol. The van der Waals surface area contributed by atoms with Crippen molar-refractivity contribution in [2.45, 2.75) is 20.0 Å². The van der Waals surface area contributed by atoms with Crippen molar-refractivity contribution in [3.63, 3.8) is 0 Å². The Hall–Kier alpha value is -0.180. The van der Waals surface area contributed by atoms with E-state index in [-0.39, 0.29) is 0 Å². The summed E-state index contributed by atoms with van der Waals surface area (Å²) in [6.45, 7) is 2.84. The molecule has 0 aromatic heterocycles. The van der Waals surface area contributed by atoms with Crippen molar-refractivity contribution in [1.82, 2.24) is 0 Å². The summed E-state index contributed by atoms with van der Waals surface area (Å²) in [5.74, 6) is 0.334. The molecule has 0 heterocycles. The largest absolute Gasteiger partial charge is 0.372 e. The van der Waals surface area contributed by atoms with Crippen LogP contribution in [0, 0.1) is 5.92 Å². The van der Waals surface area contributed by atoms with E-state index in [2.05, 4.69) is 0 Å². The summed E-state index contributed by atoms with van der Waals surface area (Å²) in [4.78, 5) is 0. The maximum Gasteiger partial charge on any atom is 0.118 e. The van der Waals surface area contributed by atoms with Gasteiger partial charge in [0.2, 0.25) is 0 Å². The molecule has 0 aliphatic rings. The zero-order chi connectivity index (χ0) is 7.98. The average Bonchev–Trinajstić information content (AvgIpc) is 1.90. The number of rotatable bonds is 5. The highest BCUT2D eigenvalue weighted by molar-refractivity contribution is 4.53. The van der Waals surface area contributed by atoms with Crippen LogP contribution in [-0.2, 0) is 4.74 Å². The molecule has 0 fully saturated rings. The molecule has 1 nitrogen and oxygen atoms in total. The van der Waals surface area contributed by atoms with Gasteiger partial charge in [0, 0.05) is 6.61 Å². The second-order valence-electron chi connectivity index (χ2n) is 2.66. The highest BCUT2D eigenvalue weighted by Crippen LogP contribution is 1.99. The van der Waals surface area contributed by atoms with Crippen molar-refractivity contribution < 1.29 is 13.5 Å². The van der Waals surface area contributed by atoms with Gasteiger partial charge < -0.3 is 4.74 Å². The van der Waals surface area contributed by atoms with E-state index in [0.717, 1.165) is 0 Å². The van der Waals surface area contributed by atoms with Gasteiger partial charge in [-0.25, -0.2) is 8.78 Å². The van der Waals surface area contributed by atoms with E-state index in [1.165, 1.54) is 0 Å². The fourth-order valence-corrected chi connectivity index (χ4v) is 0.459. The lowest BCUT2D eigenvalue weighted by atomic mass is 10.2. The van der Waals surface area contributed by atoms with Gasteiger partial charge >= 0.3 is 0 Å². The quantitative estimate of drug-likeness (QED) is 0.585. The Labute approximate surface area is 60.4 Å². The molecule has 0 aliphatic carbocycles. The third-order valence-electron chi connectivity index (χ3n) is 1.01. The SMILES string of the molecule is CC(C)COC(CF)CF. The van der Waals surface area contributed by atoms with Gasteiger partial charge in [0.15, 0.2) is 0 Å². The molecular formula is C7H14F2O. The fourth-order valence-electron chi connectivity index (χ4n) is 0.459. The standard InChI is InChI=1S/C7H14F2O/c1-6(2)5-10-7(3-8)4-9/h6-7H,3-5H2,1-2H3. The molecule has 0 bridgehead atoms. The normalized spacial score (nSPS) is 11.4. The minimum atomic E-state index is -0.845. The molecule has 0 rings (SSSR count). The first-order valence-corrected chi connectivity index (χ1v) is 3.44. The van der Waals surface area contributed by atoms with Crippen molar-refractivity contribution in [3.8, 4) is 0 Å². The van der Waals surface area contributed by atoms with Gasteiger partial charge in [-0.2, -0.15) is 0 Å². The number of ether oxygens (including phenoxy) is 1. The van der Waals surface area contributed by atoms with E-state index < -0.39 is 19.5 Å². The minimum Gasteiger partial charge on any atom is -0.372 e. The Kier molecular flexibility index (Phi) is 5.49. The van der Waals surface area contributed by atoms with Crippen LogP contribution in [0.4, 0.5) is 8.78 Å². The first kappa shape index (κ1) is 9.82. The molecule has 0 atom stereocenters. The average molecular weight is 152 g/mol. The lowest BCUT2D eigenvalue weighted by Gasteiger charge is -2.11. The predicted octanol–water partition coefficient (Wildman–Crippen LogP) is 1.97. The zero-order valence-electron chi connectivity index (χ0n) is 6.44. The number of alkyl halides is 2. The summed E-state index contributed by atoms with van der Waals surface area (Å²) >= 11 is 0. The van der Waals surface area contributed by atoms with Gasteiger partial charge in [0.05, 0.1) is 0 Å². The zero-order valence-corrected chi connectivity index (χ0v) is 6.44. The summed E-state index contributed by atoms with van der Waals surface area (Å²) in [6, 6.07) is 0. The van der Waals surface area contributed by atoms with Crippen molar-refractivity contribution in [1.29, 1.82) is 0 Å². The molecule has 10 heavy (non-hydrogen) atoms. The topological polar surface area (TPSA) is 9.23 Å². The van der Waals surface area contributed by atoms with Gasteiger partial charge in [-0.05, 0) is 5.92 Å². The lowest BCUT2D eigenvalue weighted by molar-refractivity contribution is 0.00650. The van der Waals surface area contributed by atoms with E-state index in [9.17, 15) is 8.78 Å². The number of hydrogen-bond acceptors (Lipinski definition) is 1. The molecule has 0 aromatic carbocycles. The molecule has 0 N–H and O–H groups in total. The van der Waals surface area contributed by atoms with Crippen molar-refractivity contribution in [3.05, 3.63) is 0 Å². The summed E-state index contributed by atoms with van der Waals surface area (Å²) in [7, 11) is 0. The molecule has 3 heteroatoms. The predicted molar refractivity (Wildman–Crippen MR) is 36.5 cm³/mol. The Morgan fingerprint density at radius 3 is 2.00 bits per heavy atom. The van der Waals surface area contributed by atoms with Crippen LogP contribution in [0.2, 0.25) is 0 Å². The van der Waals surface area contributed by atoms with Crippen LogP contribution in [0.3, 0.4) is 0 Å². The van der Waals surface area contributed by atoms with Crippen LogP contribution in [0.1, 0.15) is 13.8 Å². The van der Waals surface area contributed by atoms with Crippen LogP contribution in [0.15, 0.2) is 0 Å². The number of halogens is 2. The van der Waals surface area contributed by atoms with Gasteiger partial charge in [-0.3, -0.25) is 0 Å². The Morgan fingerprint density at radius 1 is 1.20 bits per heavy atom. The second kappa shape index (κ2) is 5.59. The van der Waals surface area contributed by atoms with Crippen LogP contribution >= 0.6 is 0 Å². The molecule has 0 radical (unpaired) electrons. The van der Waals surface area contributed by atoms with Gasteiger partial charge in [0.1, 0.15) is 19.5 Å². The van der Waals surface area contributed by atoms with Crippen molar-refractivity contribution in [2.75, 3.05) is 20.0 Å². The molecule has 0 unspecified atom stereocenters. The van der Waals surface area contributed by atoms with E-state index in [4.69, 9.17) is 4.74 Å². The van der Waals surface area contributed by atoms with E-state index in [1.807, 2.05) is 13.8 Å². The monoisotopic (exact) mass is 152 g/mol. The molecule has 0 saturated carbocycles. The number of hydrogen-bond donors (Lipinski definition) is 0. The summed E-state index contributed by atoms with van der Waals surface area (Å²) < 4.78 is 28.3. The first-order valence-electron chi connectivity index (χ1n) is 3.44. The Bertz CT molecular complexity index is 72.0. The highest BCUT2D eigenvalue weighted by atomic mass is 19.1. The third kappa shape index (κ3) is 4.68. The lowest BCUT2D eigenvalue weighted by Crippen LogP contribution is -2.20. The Balaban J connectivity index is 3.26. The van der Waals surface area contributed by atoms with Gasteiger partial charge in [-0.15, -0.1) is 0 Å². The van der Waals surface area contributed by atoms with Crippen LogP contribution in [0.25, 0.3) is 0 Å². The molecule has 0 spiro atoms. The van der Waals surface area contributed by atoms with Gasteiger partial charge in [0.25, 0.3) is 0 Å². The van der Waals surface area contributed by atoms with E-state index in [0.29, 0.717) is 12.5 Å². The molecule has 0 aliphatic heterocycles. The summed E-state index contributed by atoms with van der Waals surface area (Å²) in [5, 5.41) is 0. The van der Waals surface area contributed by atoms with Crippen LogP contribution in [0.5, 0.6) is 0 Å². The smallest absolute Gasteiger partial charge is 0.118 e. The van der Waals surface area contributed by atoms with Crippen molar-refractivity contribution in [2.24, 2.45) is 5.92 Å². The minimum absolute atomic E-state index is 0.334.